The Labute approximate surface area is 131 Å². The highest BCUT2D eigenvalue weighted by molar-refractivity contribution is 7.10. The third kappa shape index (κ3) is 3.27. The van der Waals surface area contributed by atoms with Crippen LogP contribution in [0.3, 0.4) is 0 Å². The van der Waals surface area contributed by atoms with E-state index in [9.17, 15) is 0 Å². The number of thiophene rings is 1. The molecule has 0 aromatic carbocycles. The summed E-state index contributed by atoms with van der Waals surface area (Å²) >= 11 is 1.89. The van der Waals surface area contributed by atoms with Gasteiger partial charge in [-0.15, -0.1) is 11.3 Å². The fraction of sp³-hybridized carbons (Fsp3) is 0.471. The van der Waals surface area contributed by atoms with Gasteiger partial charge in [0.05, 0.1) is 0 Å². The molecule has 2 aromatic heterocycles. The predicted molar refractivity (Wildman–Crippen MR) is 90.1 cm³/mol. The first kappa shape index (κ1) is 14.5. The van der Waals surface area contributed by atoms with Gasteiger partial charge < -0.3 is 10.2 Å². The van der Waals surface area contributed by atoms with Crippen molar-refractivity contribution >= 4 is 17.2 Å². The highest BCUT2D eigenvalue weighted by atomic mass is 32.1. The molecule has 112 valence electrons. The third-order valence-electron chi connectivity index (χ3n) is 4.00. The van der Waals surface area contributed by atoms with Crippen molar-refractivity contribution in [1.29, 1.82) is 0 Å². The van der Waals surface area contributed by atoms with Crippen molar-refractivity contribution in [1.82, 2.24) is 10.3 Å². The van der Waals surface area contributed by atoms with Crippen molar-refractivity contribution in [2.45, 2.75) is 39.8 Å². The summed E-state index contributed by atoms with van der Waals surface area (Å²) in [6.07, 6.45) is 2.14. The van der Waals surface area contributed by atoms with Gasteiger partial charge in [-0.25, -0.2) is 4.98 Å². The Morgan fingerprint density at radius 1 is 1.33 bits per heavy atom. The Bertz CT molecular complexity index is 606. The fourth-order valence-corrected chi connectivity index (χ4v) is 3.68. The van der Waals surface area contributed by atoms with Crippen LogP contribution >= 0.6 is 11.3 Å². The minimum atomic E-state index is 0.927. The van der Waals surface area contributed by atoms with Gasteiger partial charge in [0, 0.05) is 30.2 Å². The van der Waals surface area contributed by atoms with Crippen molar-refractivity contribution in [2.75, 3.05) is 18.0 Å². The van der Waals surface area contributed by atoms with Crippen LogP contribution in [0.4, 0.5) is 5.82 Å². The molecule has 0 saturated heterocycles. The molecule has 3 heterocycles. The van der Waals surface area contributed by atoms with E-state index in [0.29, 0.717) is 0 Å². The number of pyridine rings is 1. The van der Waals surface area contributed by atoms with Gasteiger partial charge >= 0.3 is 0 Å². The van der Waals surface area contributed by atoms with E-state index in [-0.39, 0.29) is 0 Å². The minimum Gasteiger partial charge on any atom is -0.352 e. The number of aryl methyl sites for hydroxylation is 1. The second kappa shape index (κ2) is 6.58. The molecule has 0 saturated carbocycles. The van der Waals surface area contributed by atoms with Crippen LogP contribution in [0.5, 0.6) is 0 Å². The molecule has 1 aliphatic rings. The van der Waals surface area contributed by atoms with Gasteiger partial charge in [0.2, 0.25) is 0 Å². The van der Waals surface area contributed by atoms with E-state index < -0.39 is 0 Å². The third-order valence-corrected chi connectivity index (χ3v) is 5.02. The number of aromatic nitrogens is 1. The first-order valence-corrected chi connectivity index (χ1v) is 8.68. The van der Waals surface area contributed by atoms with Crippen LogP contribution in [-0.2, 0) is 25.9 Å². The fourth-order valence-electron chi connectivity index (χ4n) is 2.79. The first-order valence-electron chi connectivity index (χ1n) is 7.81. The zero-order valence-corrected chi connectivity index (χ0v) is 13.7. The lowest BCUT2D eigenvalue weighted by atomic mass is 10.1. The molecule has 0 bridgehead atoms. The number of hydrogen-bond acceptors (Lipinski definition) is 4. The van der Waals surface area contributed by atoms with Crippen LogP contribution in [0.1, 0.15) is 35.5 Å². The lowest BCUT2D eigenvalue weighted by Crippen LogP contribution is -2.30. The number of hydrogen-bond donors (Lipinski definition) is 1. The summed E-state index contributed by atoms with van der Waals surface area (Å²) in [5, 5.41) is 5.62. The molecule has 0 unspecified atom stereocenters. The predicted octanol–water partition coefficient (Wildman–Crippen LogP) is 3.38. The van der Waals surface area contributed by atoms with Crippen LogP contribution < -0.4 is 10.2 Å². The number of fused-ring (bicyclic) bond motifs is 1. The summed E-state index contributed by atoms with van der Waals surface area (Å²) in [5.41, 5.74) is 4.01. The average molecular weight is 301 g/mol. The number of nitrogens with one attached hydrogen (secondary N) is 1. The van der Waals surface area contributed by atoms with E-state index in [1.807, 2.05) is 11.3 Å². The molecule has 4 heteroatoms. The maximum absolute atomic E-state index is 4.84. The number of anilines is 1. The van der Waals surface area contributed by atoms with E-state index in [4.69, 9.17) is 4.98 Å². The molecule has 3 nitrogen and oxygen atoms in total. The molecule has 0 fully saturated rings. The monoisotopic (exact) mass is 301 g/mol. The van der Waals surface area contributed by atoms with Gasteiger partial charge in [-0.3, -0.25) is 0 Å². The van der Waals surface area contributed by atoms with Crippen LogP contribution in [0.2, 0.25) is 0 Å². The highest BCUT2D eigenvalue weighted by Crippen LogP contribution is 2.27. The standard InChI is InChI=1S/C17H23N3S/c1-3-15-9-13(11-18-4-2)10-17(19-15)20-7-5-16-14(12-20)6-8-21-16/h6,8-10,18H,3-5,7,11-12H2,1-2H3. The summed E-state index contributed by atoms with van der Waals surface area (Å²) in [6, 6.07) is 6.74. The maximum atomic E-state index is 4.84. The van der Waals surface area contributed by atoms with Crippen molar-refractivity contribution < 1.29 is 0 Å². The summed E-state index contributed by atoms with van der Waals surface area (Å²) in [5.74, 6) is 1.14. The molecule has 0 spiro atoms. The van der Waals surface area contributed by atoms with E-state index >= 15 is 0 Å². The normalized spacial score (nSPS) is 14.3. The lowest BCUT2D eigenvalue weighted by molar-refractivity contribution is 0.711. The van der Waals surface area contributed by atoms with Gasteiger partial charge in [-0.2, -0.15) is 0 Å². The van der Waals surface area contributed by atoms with Crippen molar-refractivity contribution in [3.05, 3.63) is 45.3 Å². The zero-order valence-electron chi connectivity index (χ0n) is 12.9. The van der Waals surface area contributed by atoms with Gasteiger partial charge in [0.25, 0.3) is 0 Å². The molecule has 0 radical (unpaired) electrons. The highest BCUT2D eigenvalue weighted by Gasteiger charge is 2.19. The van der Waals surface area contributed by atoms with Crippen molar-refractivity contribution in [2.24, 2.45) is 0 Å². The quantitative estimate of drug-likeness (QED) is 0.917. The zero-order chi connectivity index (χ0) is 14.7. The van der Waals surface area contributed by atoms with Gasteiger partial charge in [0.1, 0.15) is 5.82 Å². The van der Waals surface area contributed by atoms with Crippen LogP contribution in [-0.4, -0.2) is 18.1 Å². The smallest absolute Gasteiger partial charge is 0.129 e. The Morgan fingerprint density at radius 3 is 3.05 bits per heavy atom. The first-order chi connectivity index (χ1) is 10.3. The topological polar surface area (TPSA) is 28.2 Å². The Balaban J connectivity index is 1.84. The molecule has 3 rings (SSSR count). The van der Waals surface area contributed by atoms with Gasteiger partial charge in [-0.1, -0.05) is 13.8 Å². The molecule has 1 aliphatic heterocycles. The van der Waals surface area contributed by atoms with Crippen LogP contribution in [0.15, 0.2) is 23.6 Å². The second-order valence-electron chi connectivity index (χ2n) is 5.50. The SMILES string of the molecule is CCNCc1cc(CC)nc(N2CCc3sccc3C2)c1. The van der Waals surface area contributed by atoms with E-state index in [2.05, 4.69) is 47.6 Å². The number of rotatable bonds is 5. The van der Waals surface area contributed by atoms with Gasteiger partial charge in [0.15, 0.2) is 0 Å². The largest absolute Gasteiger partial charge is 0.352 e. The molecule has 0 atom stereocenters. The molecular weight excluding hydrogens is 278 g/mol. The second-order valence-corrected chi connectivity index (χ2v) is 6.50. The Morgan fingerprint density at radius 2 is 2.24 bits per heavy atom. The van der Waals surface area contributed by atoms with Crippen molar-refractivity contribution in [3.8, 4) is 0 Å². The van der Waals surface area contributed by atoms with Crippen molar-refractivity contribution in [3.63, 3.8) is 0 Å². The maximum Gasteiger partial charge on any atom is 0.129 e. The Kier molecular flexibility index (Phi) is 4.56. The number of nitrogens with zero attached hydrogens (tertiary/aromatic N) is 2. The average Bonchev–Trinajstić information content (AvgIpc) is 3.00. The molecule has 0 amide bonds. The molecule has 0 aliphatic carbocycles. The summed E-state index contributed by atoms with van der Waals surface area (Å²) in [4.78, 5) is 8.81. The molecule has 1 N–H and O–H groups in total. The van der Waals surface area contributed by atoms with E-state index in [1.165, 1.54) is 16.8 Å². The minimum absolute atomic E-state index is 0.927. The van der Waals surface area contributed by atoms with Crippen LogP contribution in [0, 0.1) is 0 Å². The summed E-state index contributed by atoms with van der Waals surface area (Å²) < 4.78 is 0. The van der Waals surface area contributed by atoms with E-state index in [1.54, 1.807) is 4.88 Å². The lowest BCUT2D eigenvalue weighted by Gasteiger charge is -2.28. The Hall–Kier alpha value is -1.39. The molecule has 21 heavy (non-hydrogen) atoms. The van der Waals surface area contributed by atoms with Gasteiger partial charge in [-0.05, 0) is 54.1 Å². The van der Waals surface area contributed by atoms with E-state index in [0.717, 1.165) is 44.8 Å². The molecular formula is C17H23N3S. The molecule has 2 aromatic rings. The summed E-state index contributed by atoms with van der Waals surface area (Å²) in [7, 11) is 0. The summed E-state index contributed by atoms with van der Waals surface area (Å²) in [6.45, 7) is 8.33. The van der Waals surface area contributed by atoms with Crippen LogP contribution in [0.25, 0.3) is 0 Å².